The van der Waals surface area contributed by atoms with E-state index in [-0.39, 0.29) is 24.3 Å². The number of aromatic nitrogens is 1. The molecule has 9 nitrogen and oxygen atoms in total. The summed E-state index contributed by atoms with van der Waals surface area (Å²) in [6, 6.07) is 4.26. The van der Waals surface area contributed by atoms with E-state index in [2.05, 4.69) is 14.8 Å². The lowest BCUT2D eigenvalue weighted by molar-refractivity contribution is 0.0125. The Balaban J connectivity index is 1.22. The Kier molecular flexibility index (Phi) is 6.03. The van der Waals surface area contributed by atoms with Crippen LogP contribution in [0, 0.1) is 0 Å². The largest absolute Gasteiger partial charge is 0.506 e. The normalized spacial score (nSPS) is 24.6. The van der Waals surface area contributed by atoms with Crippen LogP contribution in [0.4, 0.5) is 15.3 Å². The van der Waals surface area contributed by atoms with Crippen LogP contribution in [-0.4, -0.2) is 89.7 Å². The lowest BCUT2D eigenvalue weighted by Crippen LogP contribution is -2.46. The van der Waals surface area contributed by atoms with Gasteiger partial charge in [0.25, 0.3) is 0 Å². The maximum Gasteiger partial charge on any atom is 0.506 e. The molecular weight excluding hydrogens is 376 g/mol. The second kappa shape index (κ2) is 8.86. The number of piperidine rings is 2. The summed E-state index contributed by atoms with van der Waals surface area (Å²) >= 11 is 0. The van der Waals surface area contributed by atoms with E-state index < -0.39 is 6.16 Å². The van der Waals surface area contributed by atoms with E-state index in [4.69, 9.17) is 14.6 Å². The molecule has 4 rings (SSSR count). The molecule has 1 N–H and O–H groups in total. The fraction of sp³-hybridized carbons (Fsp3) is 0.650. The van der Waals surface area contributed by atoms with Crippen LogP contribution in [0.2, 0.25) is 0 Å². The van der Waals surface area contributed by atoms with Gasteiger partial charge >= 0.3 is 12.2 Å². The molecule has 3 fully saturated rings. The van der Waals surface area contributed by atoms with E-state index >= 15 is 0 Å². The molecule has 0 aromatic carbocycles. The number of pyridine rings is 1. The molecule has 0 bridgehead atoms. The minimum atomic E-state index is -1.21. The zero-order valence-corrected chi connectivity index (χ0v) is 16.5. The van der Waals surface area contributed by atoms with Gasteiger partial charge in [-0.05, 0) is 37.8 Å². The van der Waals surface area contributed by atoms with Gasteiger partial charge < -0.3 is 24.4 Å². The van der Waals surface area contributed by atoms with Gasteiger partial charge in [-0.25, -0.2) is 9.59 Å². The Morgan fingerprint density at radius 2 is 1.83 bits per heavy atom. The van der Waals surface area contributed by atoms with E-state index in [0.29, 0.717) is 25.9 Å². The molecule has 4 heterocycles. The number of anilines is 1. The molecule has 0 saturated carbocycles. The standard InChI is InChI=1S/C20H28N4O5/c25-19-24(16-3-11-23(12-4-16)15-1-7-21-8-2-15)14-18(28-19)13-22-9-5-17(6-10-22)29-20(26)27/h1-2,7-8,16-18H,3-6,9-14H2,(H,26,27)/t18-/m0/s1. The van der Waals surface area contributed by atoms with Crippen LogP contribution in [0.1, 0.15) is 25.7 Å². The summed E-state index contributed by atoms with van der Waals surface area (Å²) in [4.78, 5) is 33.6. The zero-order chi connectivity index (χ0) is 20.2. The van der Waals surface area contributed by atoms with Crippen LogP contribution in [0.3, 0.4) is 0 Å². The summed E-state index contributed by atoms with van der Waals surface area (Å²) in [5.74, 6) is 0. The predicted molar refractivity (Wildman–Crippen MR) is 105 cm³/mol. The summed E-state index contributed by atoms with van der Waals surface area (Å²) in [6.07, 6.45) is 5.08. The average Bonchev–Trinajstić information content (AvgIpc) is 3.10. The van der Waals surface area contributed by atoms with Crippen LogP contribution in [-0.2, 0) is 9.47 Å². The highest BCUT2D eigenvalue weighted by atomic mass is 16.7. The first-order valence-corrected chi connectivity index (χ1v) is 10.3. The molecule has 158 valence electrons. The van der Waals surface area contributed by atoms with Gasteiger partial charge in [-0.3, -0.25) is 9.88 Å². The summed E-state index contributed by atoms with van der Waals surface area (Å²) in [7, 11) is 0. The summed E-state index contributed by atoms with van der Waals surface area (Å²) in [5.41, 5.74) is 1.18. The maximum absolute atomic E-state index is 12.4. The number of carbonyl (C=O) groups is 2. The van der Waals surface area contributed by atoms with Crippen molar-refractivity contribution in [1.82, 2.24) is 14.8 Å². The zero-order valence-electron chi connectivity index (χ0n) is 16.5. The molecule has 0 spiro atoms. The van der Waals surface area contributed by atoms with Crippen LogP contribution >= 0.6 is 0 Å². The van der Waals surface area contributed by atoms with Gasteiger partial charge in [0.2, 0.25) is 0 Å². The second-order valence-electron chi connectivity index (χ2n) is 7.97. The number of amides is 1. The summed E-state index contributed by atoms with van der Waals surface area (Å²) in [6.45, 7) is 4.68. The van der Waals surface area contributed by atoms with Crippen LogP contribution < -0.4 is 4.90 Å². The maximum atomic E-state index is 12.4. The Morgan fingerprint density at radius 1 is 1.14 bits per heavy atom. The first-order chi connectivity index (χ1) is 14.1. The second-order valence-corrected chi connectivity index (χ2v) is 7.97. The molecule has 9 heteroatoms. The van der Waals surface area contributed by atoms with Crippen LogP contribution in [0.5, 0.6) is 0 Å². The molecule has 0 aliphatic carbocycles. The van der Waals surface area contributed by atoms with Crippen molar-refractivity contribution in [1.29, 1.82) is 0 Å². The first-order valence-electron chi connectivity index (χ1n) is 10.3. The average molecular weight is 404 g/mol. The van der Waals surface area contributed by atoms with Gasteiger partial charge in [0.15, 0.2) is 0 Å². The highest BCUT2D eigenvalue weighted by molar-refractivity contribution is 5.70. The third kappa shape index (κ3) is 4.90. The lowest BCUT2D eigenvalue weighted by Gasteiger charge is -2.37. The highest BCUT2D eigenvalue weighted by Gasteiger charge is 2.38. The van der Waals surface area contributed by atoms with Crippen molar-refractivity contribution >= 4 is 17.9 Å². The number of rotatable bonds is 5. The van der Waals surface area contributed by atoms with Crippen molar-refractivity contribution in [2.75, 3.05) is 44.2 Å². The minimum Gasteiger partial charge on any atom is -0.450 e. The number of carboxylic acid groups (broad SMARTS) is 1. The van der Waals surface area contributed by atoms with Crippen molar-refractivity contribution in [2.24, 2.45) is 0 Å². The number of carbonyl (C=O) groups excluding carboxylic acids is 1. The quantitative estimate of drug-likeness (QED) is 0.745. The molecule has 1 aromatic heterocycles. The Labute approximate surface area is 170 Å². The lowest BCUT2D eigenvalue weighted by atomic mass is 10.0. The van der Waals surface area contributed by atoms with E-state index in [1.165, 1.54) is 5.69 Å². The van der Waals surface area contributed by atoms with Gasteiger partial charge in [0.05, 0.1) is 6.54 Å². The van der Waals surface area contributed by atoms with Gasteiger partial charge in [0, 0.05) is 56.8 Å². The van der Waals surface area contributed by atoms with Crippen molar-refractivity contribution in [3.63, 3.8) is 0 Å². The van der Waals surface area contributed by atoms with Gasteiger partial charge in [-0.2, -0.15) is 0 Å². The Hall–Kier alpha value is -2.55. The SMILES string of the molecule is O=C(O)OC1CCN(C[C@H]2CN(C3CCN(c4ccncc4)CC3)C(=O)O2)CC1. The molecule has 1 atom stereocenters. The molecule has 3 aliphatic rings. The van der Waals surface area contributed by atoms with Crippen LogP contribution in [0.15, 0.2) is 24.5 Å². The number of nitrogens with zero attached hydrogens (tertiary/aromatic N) is 4. The van der Waals surface area contributed by atoms with Gasteiger partial charge in [0.1, 0.15) is 12.2 Å². The smallest absolute Gasteiger partial charge is 0.450 e. The third-order valence-corrected chi connectivity index (χ3v) is 6.10. The molecule has 0 radical (unpaired) electrons. The molecule has 29 heavy (non-hydrogen) atoms. The Bertz CT molecular complexity index is 702. The van der Waals surface area contributed by atoms with Gasteiger partial charge in [-0.15, -0.1) is 0 Å². The topological polar surface area (TPSA) is 95.4 Å². The number of hydrogen-bond acceptors (Lipinski definition) is 7. The number of hydrogen-bond donors (Lipinski definition) is 1. The minimum absolute atomic E-state index is 0.127. The molecule has 1 aromatic rings. The van der Waals surface area contributed by atoms with Crippen molar-refractivity contribution in [3.05, 3.63) is 24.5 Å². The van der Waals surface area contributed by atoms with E-state index in [1.807, 2.05) is 17.0 Å². The van der Waals surface area contributed by atoms with Crippen molar-refractivity contribution in [3.8, 4) is 0 Å². The van der Waals surface area contributed by atoms with Crippen molar-refractivity contribution in [2.45, 2.75) is 43.9 Å². The number of likely N-dealkylation sites (tertiary alicyclic amines) is 1. The molecule has 3 aliphatic heterocycles. The fourth-order valence-electron chi connectivity index (χ4n) is 4.57. The van der Waals surface area contributed by atoms with Crippen molar-refractivity contribution < 1.29 is 24.2 Å². The third-order valence-electron chi connectivity index (χ3n) is 6.10. The molecule has 3 saturated heterocycles. The van der Waals surface area contributed by atoms with E-state index in [9.17, 15) is 9.59 Å². The monoisotopic (exact) mass is 404 g/mol. The Morgan fingerprint density at radius 3 is 2.48 bits per heavy atom. The van der Waals surface area contributed by atoms with E-state index in [0.717, 1.165) is 39.0 Å². The first kappa shape index (κ1) is 19.8. The highest BCUT2D eigenvalue weighted by Crippen LogP contribution is 2.26. The van der Waals surface area contributed by atoms with Crippen LogP contribution in [0.25, 0.3) is 0 Å². The molecular formula is C20H28N4O5. The predicted octanol–water partition coefficient (Wildman–Crippen LogP) is 2.03. The summed E-state index contributed by atoms with van der Waals surface area (Å²) in [5, 5.41) is 8.72. The molecule has 1 amide bonds. The van der Waals surface area contributed by atoms with Gasteiger partial charge in [-0.1, -0.05) is 0 Å². The fourth-order valence-corrected chi connectivity index (χ4v) is 4.57. The van der Waals surface area contributed by atoms with E-state index in [1.54, 1.807) is 12.4 Å². The molecule has 0 unspecified atom stereocenters. The number of cyclic esters (lactones) is 1. The summed E-state index contributed by atoms with van der Waals surface area (Å²) < 4.78 is 10.5. The number of ether oxygens (including phenoxy) is 2.